The van der Waals surface area contributed by atoms with Crippen LogP contribution >= 0.6 is 24.0 Å². The van der Waals surface area contributed by atoms with E-state index in [1.165, 1.54) is 6.07 Å². The predicted molar refractivity (Wildman–Crippen MR) is 129 cm³/mol. The number of hydrogen-bond donors (Lipinski definition) is 2. The van der Waals surface area contributed by atoms with Crippen molar-refractivity contribution in [2.24, 2.45) is 4.99 Å². The largest absolute Gasteiger partial charge is 0.476 e. The summed E-state index contributed by atoms with van der Waals surface area (Å²) < 4.78 is 43.1. The highest BCUT2D eigenvalue weighted by atomic mass is 127. The zero-order chi connectivity index (χ0) is 22.1. The lowest BCUT2D eigenvalue weighted by atomic mass is 10.1. The van der Waals surface area contributed by atoms with Gasteiger partial charge in [-0.25, -0.2) is 15.0 Å². The van der Waals surface area contributed by atoms with Crippen molar-refractivity contribution in [2.45, 2.75) is 32.0 Å². The molecule has 0 radical (unpaired) electrons. The molecule has 32 heavy (non-hydrogen) atoms. The Morgan fingerprint density at radius 2 is 1.97 bits per heavy atom. The molecule has 0 spiro atoms. The molecule has 7 nitrogen and oxygen atoms in total. The van der Waals surface area contributed by atoms with Crippen LogP contribution in [-0.4, -0.2) is 54.8 Å². The molecule has 0 aliphatic carbocycles. The molecule has 0 saturated carbocycles. The van der Waals surface area contributed by atoms with Crippen molar-refractivity contribution in [2.75, 3.05) is 37.7 Å². The molecule has 3 rings (SSSR count). The predicted octanol–water partition coefficient (Wildman–Crippen LogP) is 3.72. The van der Waals surface area contributed by atoms with E-state index in [9.17, 15) is 13.2 Å². The van der Waals surface area contributed by atoms with Crippen LogP contribution in [0.25, 0.3) is 0 Å². The number of rotatable bonds is 7. The molecule has 0 amide bonds. The van der Waals surface area contributed by atoms with E-state index < -0.39 is 11.7 Å². The standard InChI is InChI=1S/C21H27F3N6O.HI/c1-2-25-20(27-11-14-31-19-7-6-16(15-28-19)21(22,23)24)29-17-8-12-30(13-9-17)18-5-3-4-10-26-18;/h3-7,10,15,17H,2,8-9,11-14H2,1H3,(H2,25,27,29);1H. The number of pyridine rings is 2. The zero-order valence-electron chi connectivity index (χ0n) is 17.8. The van der Waals surface area contributed by atoms with E-state index >= 15 is 0 Å². The Morgan fingerprint density at radius 1 is 1.19 bits per heavy atom. The number of anilines is 1. The van der Waals surface area contributed by atoms with Gasteiger partial charge in [0.2, 0.25) is 5.88 Å². The van der Waals surface area contributed by atoms with Crippen LogP contribution in [0.2, 0.25) is 0 Å². The Hall–Kier alpha value is -2.31. The van der Waals surface area contributed by atoms with Crippen LogP contribution in [-0.2, 0) is 6.18 Å². The van der Waals surface area contributed by atoms with E-state index in [0.717, 1.165) is 50.6 Å². The first-order valence-corrected chi connectivity index (χ1v) is 10.3. The zero-order valence-corrected chi connectivity index (χ0v) is 20.1. The van der Waals surface area contributed by atoms with Gasteiger partial charge in [0.25, 0.3) is 0 Å². The fourth-order valence-electron chi connectivity index (χ4n) is 3.25. The van der Waals surface area contributed by atoms with Gasteiger partial charge in [0.15, 0.2) is 5.96 Å². The number of hydrogen-bond acceptors (Lipinski definition) is 5. The summed E-state index contributed by atoms with van der Waals surface area (Å²) in [5.41, 5.74) is -0.800. The molecule has 176 valence electrons. The fourth-order valence-corrected chi connectivity index (χ4v) is 3.25. The van der Waals surface area contributed by atoms with E-state index in [1.807, 2.05) is 25.1 Å². The molecular weight excluding hydrogens is 536 g/mol. The first-order chi connectivity index (χ1) is 15.0. The maximum absolute atomic E-state index is 12.6. The minimum absolute atomic E-state index is 0. The van der Waals surface area contributed by atoms with Crippen LogP contribution in [0.5, 0.6) is 5.88 Å². The number of guanidine groups is 1. The Labute approximate surface area is 202 Å². The first kappa shape index (κ1) is 25.9. The maximum Gasteiger partial charge on any atom is 0.417 e. The van der Waals surface area contributed by atoms with Gasteiger partial charge in [0, 0.05) is 44.1 Å². The van der Waals surface area contributed by atoms with E-state index in [0.29, 0.717) is 18.5 Å². The van der Waals surface area contributed by atoms with E-state index in [2.05, 4.69) is 30.5 Å². The van der Waals surface area contributed by atoms with Gasteiger partial charge in [0.1, 0.15) is 12.4 Å². The molecular formula is C21H28F3IN6O. The second-order valence-electron chi connectivity index (χ2n) is 7.09. The third-order valence-electron chi connectivity index (χ3n) is 4.83. The van der Waals surface area contributed by atoms with Crippen molar-refractivity contribution >= 4 is 35.8 Å². The van der Waals surface area contributed by atoms with Crippen molar-refractivity contribution in [1.29, 1.82) is 0 Å². The average molecular weight is 564 g/mol. The van der Waals surface area contributed by atoms with Crippen LogP contribution < -0.4 is 20.3 Å². The number of aromatic nitrogens is 2. The molecule has 1 aliphatic heterocycles. The minimum Gasteiger partial charge on any atom is -0.476 e. The number of alkyl halides is 3. The van der Waals surface area contributed by atoms with Gasteiger partial charge in [-0.2, -0.15) is 13.2 Å². The lowest BCUT2D eigenvalue weighted by molar-refractivity contribution is -0.137. The fraction of sp³-hybridized carbons (Fsp3) is 0.476. The summed E-state index contributed by atoms with van der Waals surface area (Å²) in [6.07, 6.45) is 0.0926. The first-order valence-electron chi connectivity index (χ1n) is 10.3. The van der Waals surface area contributed by atoms with Crippen LogP contribution in [0.1, 0.15) is 25.3 Å². The van der Waals surface area contributed by atoms with Crippen molar-refractivity contribution in [3.63, 3.8) is 0 Å². The summed E-state index contributed by atoms with van der Waals surface area (Å²) in [6.45, 7) is 5.11. The van der Waals surface area contributed by atoms with Crippen molar-refractivity contribution in [3.05, 3.63) is 48.3 Å². The molecule has 1 aliphatic rings. The van der Waals surface area contributed by atoms with Crippen molar-refractivity contribution in [3.8, 4) is 5.88 Å². The van der Waals surface area contributed by atoms with Gasteiger partial charge in [-0.15, -0.1) is 24.0 Å². The average Bonchev–Trinajstić information content (AvgIpc) is 2.77. The molecule has 0 bridgehead atoms. The number of aliphatic imine (C=N–C) groups is 1. The highest BCUT2D eigenvalue weighted by molar-refractivity contribution is 14.0. The molecule has 2 aromatic rings. The molecule has 0 unspecified atom stereocenters. The van der Waals surface area contributed by atoms with Crippen molar-refractivity contribution in [1.82, 2.24) is 20.6 Å². The third-order valence-corrected chi connectivity index (χ3v) is 4.83. The highest BCUT2D eigenvalue weighted by Gasteiger charge is 2.30. The van der Waals surface area contributed by atoms with Gasteiger partial charge in [-0.1, -0.05) is 6.07 Å². The van der Waals surface area contributed by atoms with Crippen LogP contribution in [0.3, 0.4) is 0 Å². The Balaban J connectivity index is 0.00000363. The maximum atomic E-state index is 12.6. The SMILES string of the molecule is CCNC(=NCCOc1ccc(C(F)(F)F)cn1)NC1CCN(c2ccccn2)CC1.I. The Bertz CT molecular complexity index is 828. The second kappa shape index (κ2) is 12.7. The van der Waals surface area contributed by atoms with Gasteiger partial charge >= 0.3 is 6.18 Å². The van der Waals surface area contributed by atoms with Gasteiger partial charge in [-0.3, -0.25) is 0 Å². The van der Waals surface area contributed by atoms with E-state index in [4.69, 9.17) is 4.74 Å². The topological polar surface area (TPSA) is 74.7 Å². The summed E-state index contributed by atoms with van der Waals surface area (Å²) in [7, 11) is 0. The number of nitrogens with zero attached hydrogens (tertiary/aromatic N) is 4. The number of ether oxygens (including phenoxy) is 1. The molecule has 1 fully saturated rings. The smallest absolute Gasteiger partial charge is 0.417 e. The van der Waals surface area contributed by atoms with Gasteiger partial charge in [-0.05, 0) is 38.0 Å². The normalized spacial score (nSPS) is 15.1. The summed E-state index contributed by atoms with van der Waals surface area (Å²) in [6, 6.07) is 8.39. The second-order valence-corrected chi connectivity index (χ2v) is 7.09. The quantitative estimate of drug-likeness (QED) is 0.231. The molecule has 0 aromatic carbocycles. The Morgan fingerprint density at radius 3 is 2.56 bits per heavy atom. The summed E-state index contributed by atoms with van der Waals surface area (Å²) in [5, 5.41) is 6.66. The molecule has 2 N–H and O–H groups in total. The molecule has 11 heteroatoms. The lowest BCUT2D eigenvalue weighted by Crippen LogP contribution is -2.49. The monoisotopic (exact) mass is 564 g/mol. The van der Waals surface area contributed by atoms with Crippen LogP contribution in [0.15, 0.2) is 47.7 Å². The number of piperidine rings is 1. The Kier molecular flexibility index (Phi) is 10.3. The summed E-state index contributed by atoms with van der Waals surface area (Å²) in [4.78, 5) is 14.9. The minimum atomic E-state index is -4.41. The van der Waals surface area contributed by atoms with Gasteiger partial charge in [0.05, 0.1) is 12.1 Å². The van der Waals surface area contributed by atoms with Crippen LogP contribution in [0, 0.1) is 0 Å². The molecule has 1 saturated heterocycles. The summed E-state index contributed by atoms with van der Waals surface area (Å²) in [5.74, 6) is 1.83. The van der Waals surface area contributed by atoms with Crippen molar-refractivity contribution < 1.29 is 17.9 Å². The van der Waals surface area contributed by atoms with E-state index in [1.54, 1.807) is 6.20 Å². The van der Waals surface area contributed by atoms with Gasteiger partial charge < -0.3 is 20.3 Å². The third kappa shape index (κ3) is 7.99. The lowest BCUT2D eigenvalue weighted by Gasteiger charge is -2.33. The van der Waals surface area contributed by atoms with E-state index in [-0.39, 0.29) is 36.5 Å². The van der Waals surface area contributed by atoms with Crippen LogP contribution in [0.4, 0.5) is 19.0 Å². The number of halogens is 4. The number of nitrogens with one attached hydrogen (secondary N) is 2. The molecule has 3 heterocycles. The molecule has 2 aromatic heterocycles. The molecule has 0 atom stereocenters. The highest BCUT2D eigenvalue weighted by Crippen LogP contribution is 2.29. The summed E-state index contributed by atoms with van der Waals surface area (Å²) >= 11 is 0.